The van der Waals surface area contributed by atoms with Crippen LogP contribution in [-0.4, -0.2) is 47.3 Å². The Hall–Kier alpha value is -3.65. The largest absolute Gasteiger partial charge is 0.490 e. The first kappa shape index (κ1) is 34.4. The van der Waals surface area contributed by atoms with E-state index < -0.39 is 29.4 Å². The van der Waals surface area contributed by atoms with Crippen LogP contribution in [0.1, 0.15) is 54.4 Å². The van der Waals surface area contributed by atoms with Gasteiger partial charge in [0.05, 0.1) is 13.2 Å². The van der Waals surface area contributed by atoms with Crippen molar-refractivity contribution in [1.29, 1.82) is 0 Å². The number of carboxylic acid groups (broad SMARTS) is 1. The van der Waals surface area contributed by atoms with Gasteiger partial charge >= 0.3 is 5.97 Å². The van der Waals surface area contributed by atoms with Crippen molar-refractivity contribution in [3.05, 3.63) is 84.4 Å². The predicted molar refractivity (Wildman–Crippen MR) is 152 cm³/mol. The SMILES string of the molecule is C/C=C\CC(O)C/C=C\NC(=O)C(NC(=O)\C=C/C=C\C(C)=C\C(C)/C=C/C=C(/OC)C(=O)O)C(C)(C)C. The molecule has 0 saturated carbocycles. The maximum absolute atomic E-state index is 12.7. The van der Waals surface area contributed by atoms with Gasteiger partial charge in [-0.25, -0.2) is 4.79 Å². The molecule has 8 heteroatoms. The zero-order valence-corrected chi connectivity index (χ0v) is 23.6. The van der Waals surface area contributed by atoms with E-state index in [0.717, 1.165) is 5.57 Å². The number of aliphatic hydroxyl groups excluding tert-OH is 1. The van der Waals surface area contributed by atoms with E-state index in [2.05, 4.69) is 10.6 Å². The van der Waals surface area contributed by atoms with Gasteiger partial charge in [-0.2, -0.15) is 0 Å². The van der Waals surface area contributed by atoms with Gasteiger partial charge in [0.2, 0.25) is 17.6 Å². The number of amides is 2. The molecule has 38 heavy (non-hydrogen) atoms. The van der Waals surface area contributed by atoms with E-state index in [9.17, 15) is 19.5 Å². The summed E-state index contributed by atoms with van der Waals surface area (Å²) in [5.74, 6) is -1.96. The van der Waals surface area contributed by atoms with Crippen molar-refractivity contribution >= 4 is 17.8 Å². The van der Waals surface area contributed by atoms with Gasteiger partial charge in [-0.15, -0.1) is 0 Å². The maximum Gasteiger partial charge on any atom is 0.371 e. The number of carbonyl (C=O) groups excluding carboxylic acids is 2. The standard InChI is InChI=1S/C30H44N2O6/c1-8-9-16-24(33)17-13-20-31-28(35)27(30(4,5)6)32-26(34)19-11-10-14-22(2)21-23(3)15-12-18-25(38-7)29(36)37/h8-15,18-21,23-24,27,33H,16-17H2,1-7H3,(H,31,35)(H,32,34)(H,36,37)/b9-8-,14-10-,15-12+,19-11-,20-13-,22-21+,25-18+. The molecule has 0 aliphatic heterocycles. The van der Waals surface area contributed by atoms with Crippen LogP contribution in [-0.2, 0) is 19.1 Å². The molecule has 210 valence electrons. The summed E-state index contributed by atoms with van der Waals surface area (Å²) in [6.45, 7) is 11.3. The zero-order valence-electron chi connectivity index (χ0n) is 23.6. The normalized spacial score (nSPS) is 16.0. The first-order valence-corrected chi connectivity index (χ1v) is 12.6. The lowest BCUT2D eigenvalue weighted by atomic mass is 9.86. The van der Waals surface area contributed by atoms with E-state index >= 15 is 0 Å². The molecule has 0 rings (SSSR count). The number of aliphatic carboxylic acids is 1. The van der Waals surface area contributed by atoms with Crippen LogP contribution < -0.4 is 10.6 Å². The van der Waals surface area contributed by atoms with Crippen molar-refractivity contribution in [2.24, 2.45) is 11.3 Å². The van der Waals surface area contributed by atoms with Gasteiger partial charge in [-0.05, 0) is 50.3 Å². The van der Waals surface area contributed by atoms with Crippen LogP contribution in [0.3, 0.4) is 0 Å². The number of nitrogens with one attached hydrogen (secondary N) is 2. The Kier molecular flexibility index (Phi) is 16.8. The molecule has 0 aromatic carbocycles. The second-order valence-corrected chi connectivity index (χ2v) is 9.83. The second kappa shape index (κ2) is 18.6. The van der Waals surface area contributed by atoms with Gasteiger partial charge < -0.3 is 25.6 Å². The Bertz CT molecular complexity index is 977. The molecule has 0 spiro atoms. The summed E-state index contributed by atoms with van der Waals surface area (Å²) in [6.07, 6.45) is 20.7. The van der Waals surface area contributed by atoms with Crippen LogP contribution in [0.2, 0.25) is 0 Å². The summed E-state index contributed by atoms with van der Waals surface area (Å²) >= 11 is 0. The van der Waals surface area contributed by atoms with Crippen LogP contribution in [0.4, 0.5) is 0 Å². The maximum atomic E-state index is 12.7. The van der Waals surface area contributed by atoms with Gasteiger partial charge in [-0.3, -0.25) is 9.59 Å². The van der Waals surface area contributed by atoms with Crippen LogP contribution in [0.15, 0.2) is 84.4 Å². The summed E-state index contributed by atoms with van der Waals surface area (Å²) < 4.78 is 4.76. The highest BCUT2D eigenvalue weighted by Gasteiger charge is 2.31. The number of carbonyl (C=O) groups is 3. The molecular weight excluding hydrogens is 484 g/mol. The summed E-state index contributed by atoms with van der Waals surface area (Å²) in [5.41, 5.74) is 0.436. The lowest BCUT2D eigenvalue weighted by molar-refractivity contribution is -0.136. The van der Waals surface area contributed by atoms with Gasteiger partial charge in [0, 0.05) is 6.08 Å². The minimum absolute atomic E-state index is 0.0478. The number of allylic oxidation sites excluding steroid dienone is 9. The fourth-order valence-corrected chi connectivity index (χ4v) is 3.13. The summed E-state index contributed by atoms with van der Waals surface area (Å²) in [6, 6.07) is -0.760. The van der Waals surface area contributed by atoms with Gasteiger partial charge in [0.15, 0.2) is 0 Å². The monoisotopic (exact) mass is 528 g/mol. The smallest absolute Gasteiger partial charge is 0.371 e. The van der Waals surface area contributed by atoms with Crippen LogP contribution in [0.25, 0.3) is 0 Å². The molecular formula is C30H44N2O6. The summed E-state index contributed by atoms with van der Waals surface area (Å²) in [7, 11) is 1.30. The van der Waals surface area contributed by atoms with Gasteiger partial charge in [0.1, 0.15) is 6.04 Å². The van der Waals surface area contributed by atoms with Crippen LogP contribution in [0, 0.1) is 11.3 Å². The van der Waals surface area contributed by atoms with Crippen molar-refractivity contribution in [1.82, 2.24) is 10.6 Å². The van der Waals surface area contributed by atoms with E-state index in [4.69, 9.17) is 9.84 Å². The van der Waals surface area contributed by atoms with Crippen molar-refractivity contribution in [2.45, 2.75) is 66.5 Å². The topological polar surface area (TPSA) is 125 Å². The number of rotatable bonds is 15. The van der Waals surface area contributed by atoms with Gasteiger partial charge in [0.25, 0.3) is 0 Å². The lowest BCUT2D eigenvalue weighted by Crippen LogP contribution is -2.52. The Labute approximate surface area is 227 Å². The Balaban J connectivity index is 4.96. The minimum Gasteiger partial charge on any atom is -0.490 e. The molecule has 0 bridgehead atoms. The highest BCUT2D eigenvalue weighted by atomic mass is 16.5. The highest BCUT2D eigenvalue weighted by Crippen LogP contribution is 2.19. The number of aliphatic hydroxyl groups is 1. The van der Waals surface area contributed by atoms with Crippen molar-refractivity contribution in [3.63, 3.8) is 0 Å². The molecule has 0 heterocycles. The average Bonchev–Trinajstić information content (AvgIpc) is 2.83. The van der Waals surface area contributed by atoms with E-state index in [-0.39, 0.29) is 17.6 Å². The van der Waals surface area contributed by atoms with E-state index in [1.54, 1.807) is 24.3 Å². The number of hydrogen-bond acceptors (Lipinski definition) is 5. The van der Waals surface area contributed by atoms with Crippen molar-refractivity contribution in [3.8, 4) is 0 Å². The third-order valence-corrected chi connectivity index (χ3v) is 5.15. The fourth-order valence-electron chi connectivity index (χ4n) is 3.13. The zero-order chi connectivity index (χ0) is 29.1. The van der Waals surface area contributed by atoms with Crippen LogP contribution in [0.5, 0.6) is 0 Å². The summed E-state index contributed by atoms with van der Waals surface area (Å²) in [5, 5.41) is 24.2. The third-order valence-electron chi connectivity index (χ3n) is 5.15. The molecule has 8 nitrogen and oxygen atoms in total. The quantitative estimate of drug-likeness (QED) is 0.105. The van der Waals surface area contributed by atoms with Crippen LogP contribution >= 0.6 is 0 Å². The number of hydrogen-bond donors (Lipinski definition) is 4. The molecule has 3 atom stereocenters. The first-order valence-electron chi connectivity index (χ1n) is 12.6. The van der Waals surface area contributed by atoms with E-state index in [1.807, 2.05) is 71.9 Å². The van der Waals surface area contributed by atoms with E-state index in [1.165, 1.54) is 25.5 Å². The molecule has 0 fully saturated rings. The molecule has 0 aliphatic rings. The molecule has 0 radical (unpaired) electrons. The Morgan fingerprint density at radius 1 is 1.03 bits per heavy atom. The first-order chi connectivity index (χ1) is 17.8. The molecule has 4 N–H and O–H groups in total. The third kappa shape index (κ3) is 16.2. The van der Waals surface area contributed by atoms with Gasteiger partial charge in [-0.1, -0.05) is 88.0 Å². The predicted octanol–water partition coefficient (Wildman–Crippen LogP) is 4.73. The minimum atomic E-state index is -1.13. The molecule has 2 amide bonds. The van der Waals surface area contributed by atoms with Crippen molar-refractivity contribution in [2.75, 3.05) is 7.11 Å². The Morgan fingerprint density at radius 3 is 2.24 bits per heavy atom. The number of carboxylic acids is 1. The average molecular weight is 529 g/mol. The number of ether oxygens (including phenoxy) is 1. The summed E-state index contributed by atoms with van der Waals surface area (Å²) in [4.78, 5) is 36.0. The van der Waals surface area contributed by atoms with Crippen molar-refractivity contribution < 1.29 is 29.3 Å². The molecule has 3 unspecified atom stereocenters. The molecule has 0 aromatic heterocycles. The Morgan fingerprint density at radius 2 is 1.66 bits per heavy atom. The second-order valence-electron chi connectivity index (χ2n) is 9.83. The fraction of sp³-hybridized carbons (Fsp3) is 0.433. The molecule has 0 aromatic rings. The lowest BCUT2D eigenvalue weighted by Gasteiger charge is -2.29. The molecule has 0 aliphatic carbocycles. The van der Waals surface area contributed by atoms with E-state index in [0.29, 0.717) is 12.8 Å². The molecule has 0 saturated heterocycles. The number of methoxy groups -OCH3 is 1. The highest BCUT2D eigenvalue weighted by molar-refractivity contribution is 5.93.